The Morgan fingerprint density at radius 3 is 2.54 bits per heavy atom. The maximum Gasteiger partial charge on any atom is 0.341 e. The summed E-state index contributed by atoms with van der Waals surface area (Å²) in [5, 5.41) is 2.87. The van der Waals surface area contributed by atoms with Crippen molar-refractivity contribution in [3.05, 3.63) is 46.3 Å². The number of fused-ring (bicyclic) bond motifs is 1. The van der Waals surface area contributed by atoms with Crippen LogP contribution in [0.2, 0.25) is 0 Å². The number of aryl methyl sites for hydroxylation is 1. The van der Waals surface area contributed by atoms with E-state index in [4.69, 9.17) is 4.74 Å². The minimum Gasteiger partial charge on any atom is -0.462 e. The number of amides is 2. The average Bonchev–Trinajstić information content (AvgIpc) is 2.82. The molecule has 150 valence electrons. The molecule has 9 heteroatoms. The molecule has 1 aliphatic rings. The Labute approximate surface area is 168 Å². The number of hydrogen-bond donors (Lipinski definition) is 2. The molecular formula is C19H22N2O5S2. The Balaban J connectivity index is 1.85. The van der Waals surface area contributed by atoms with Gasteiger partial charge in [-0.1, -0.05) is 24.6 Å². The van der Waals surface area contributed by atoms with Gasteiger partial charge in [-0.2, -0.15) is 0 Å². The molecule has 28 heavy (non-hydrogen) atoms. The molecule has 0 saturated heterocycles. The lowest BCUT2D eigenvalue weighted by molar-refractivity contribution is 0.0527. The molecule has 7 nitrogen and oxygen atoms in total. The van der Waals surface area contributed by atoms with Crippen LogP contribution in [0.5, 0.6) is 0 Å². The predicted octanol–water partition coefficient (Wildman–Crippen LogP) is 3.70. The lowest BCUT2D eigenvalue weighted by Crippen LogP contribution is -2.34. The van der Waals surface area contributed by atoms with Crippen LogP contribution in [0.3, 0.4) is 0 Å². The predicted molar refractivity (Wildman–Crippen MR) is 107 cm³/mol. The molecule has 1 aromatic heterocycles. The van der Waals surface area contributed by atoms with Gasteiger partial charge >= 0.3 is 12.0 Å². The van der Waals surface area contributed by atoms with E-state index in [0.717, 1.165) is 42.5 Å². The molecule has 0 fully saturated rings. The molecule has 2 aromatic rings. The first-order valence-corrected chi connectivity index (χ1v) is 11.4. The summed E-state index contributed by atoms with van der Waals surface area (Å²) in [6.45, 7) is 1.94. The third kappa shape index (κ3) is 4.53. The number of carbonyl (C=O) groups is 2. The van der Waals surface area contributed by atoms with E-state index in [9.17, 15) is 18.0 Å². The standard InChI is InChI=1S/C19H22N2O5S2/c1-2-26-18(22)16-14-11-7-4-8-12-15(14)27-17(16)20-19(23)21-28(24,25)13-9-5-3-6-10-13/h3,5-6,9-10H,2,4,7-8,11-12H2,1H3,(H2,20,21,23). The summed E-state index contributed by atoms with van der Waals surface area (Å²) in [4.78, 5) is 25.9. The summed E-state index contributed by atoms with van der Waals surface area (Å²) < 4.78 is 31.8. The second-order valence-electron chi connectivity index (χ2n) is 6.36. The van der Waals surface area contributed by atoms with Gasteiger partial charge in [0.25, 0.3) is 10.0 Å². The lowest BCUT2D eigenvalue weighted by Gasteiger charge is -2.10. The van der Waals surface area contributed by atoms with Gasteiger partial charge in [0.2, 0.25) is 0 Å². The molecule has 0 radical (unpaired) electrons. The smallest absolute Gasteiger partial charge is 0.341 e. The number of rotatable bonds is 5. The summed E-state index contributed by atoms with van der Waals surface area (Å²) in [6, 6.07) is 6.71. The summed E-state index contributed by atoms with van der Waals surface area (Å²) in [5.41, 5.74) is 1.25. The Morgan fingerprint density at radius 1 is 1.11 bits per heavy atom. The Hall–Kier alpha value is -2.39. The van der Waals surface area contributed by atoms with E-state index in [2.05, 4.69) is 5.32 Å². The van der Waals surface area contributed by atoms with Crippen LogP contribution in [-0.2, 0) is 27.6 Å². The summed E-state index contributed by atoms with van der Waals surface area (Å²) in [5.74, 6) is -0.497. The number of anilines is 1. The SMILES string of the molecule is CCOC(=O)c1c(NC(=O)NS(=O)(=O)c2ccccc2)sc2c1CCCCC2. The van der Waals surface area contributed by atoms with E-state index in [1.54, 1.807) is 25.1 Å². The molecule has 1 heterocycles. The van der Waals surface area contributed by atoms with Gasteiger partial charge in [0.1, 0.15) is 5.00 Å². The summed E-state index contributed by atoms with van der Waals surface area (Å²) >= 11 is 1.31. The fourth-order valence-electron chi connectivity index (χ4n) is 3.16. The first-order valence-electron chi connectivity index (χ1n) is 9.13. The average molecular weight is 423 g/mol. The zero-order chi connectivity index (χ0) is 20.1. The van der Waals surface area contributed by atoms with Gasteiger partial charge in [-0.25, -0.2) is 22.7 Å². The number of benzene rings is 1. The molecule has 0 spiro atoms. The van der Waals surface area contributed by atoms with E-state index in [1.165, 1.54) is 23.5 Å². The van der Waals surface area contributed by atoms with Crippen LogP contribution < -0.4 is 10.0 Å². The second kappa shape index (κ2) is 8.74. The van der Waals surface area contributed by atoms with Crippen molar-refractivity contribution in [3.63, 3.8) is 0 Å². The number of ether oxygens (including phenoxy) is 1. The largest absolute Gasteiger partial charge is 0.462 e. The van der Waals surface area contributed by atoms with Crippen LogP contribution >= 0.6 is 11.3 Å². The van der Waals surface area contributed by atoms with Gasteiger partial charge < -0.3 is 4.74 Å². The number of nitrogens with one attached hydrogen (secondary N) is 2. The molecule has 0 bridgehead atoms. The number of thiophene rings is 1. The maximum absolute atomic E-state index is 12.5. The molecule has 2 N–H and O–H groups in total. The van der Waals surface area contributed by atoms with Crippen LogP contribution in [0.15, 0.2) is 35.2 Å². The fourth-order valence-corrected chi connectivity index (χ4v) is 5.36. The van der Waals surface area contributed by atoms with Crippen LogP contribution in [0.1, 0.15) is 47.0 Å². The molecule has 0 aliphatic heterocycles. The van der Waals surface area contributed by atoms with Gasteiger partial charge in [0, 0.05) is 4.88 Å². The summed E-state index contributed by atoms with van der Waals surface area (Å²) in [7, 11) is -4.00. The van der Waals surface area contributed by atoms with Gasteiger partial charge in [0.15, 0.2) is 0 Å². The Bertz CT molecular complexity index is 968. The van der Waals surface area contributed by atoms with Gasteiger partial charge in [-0.05, 0) is 50.3 Å². The van der Waals surface area contributed by atoms with Crippen molar-refractivity contribution < 1.29 is 22.7 Å². The monoisotopic (exact) mass is 422 g/mol. The van der Waals surface area contributed by atoms with E-state index >= 15 is 0 Å². The molecule has 0 atom stereocenters. The van der Waals surface area contributed by atoms with Crippen LogP contribution in [-0.4, -0.2) is 27.0 Å². The minimum absolute atomic E-state index is 0.0160. The van der Waals surface area contributed by atoms with Gasteiger partial charge in [-0.3, -0.25) is 5.32 Å². The first-order chi connectivity index (χ1) is 13.4. The number of sulfonamides is 1. The Morgan fingerprint density at radius 2 is 1.82 bits per heavy atom. The van der Waals surface area contributed by atoms with E-state index in [0.29, 0.717) is 10.6 Å². The lowest BCUT2D eigenvalue weighted by atomic mass is 10.1. The molecular weight excluding hydrogens is 400 g/mol. The van der Waals surface area contributed by atoms with Crippen molar-refractivity contribution >= 4 is 38.4 Å². The van der Waals surface area contributed by atoms with Crippen molar-refractivity contribution in [2.24, 2.45) is 0 Å². The topological polar surface area (TPSA) is 102 Å². The van der Waals surface area contributed by atoms with Crippen molar-refractivity contribution in [1.29, 1.82) is 0 Å². The second-order valence-corrected chi connectivity index (χ2v) is 9.15. The normalized spacial score (nSPS) is 13.9. The van der Waals surface area contributed by atoms with Crippen molar-refractivity contribution in [2.45, 2.75) is 43.9 Å². The summed E-state index contributed by atoms with van der Waals surface area (Å²) in [6.07, 6.45) is 4.64. The maximum atomic E-state index is 12.5. The highest BCUT2D eigenvalue weighted by molar-refractivity contribution is 7.90. The number of hydrogen-bond acceptors (Lipinski definition) is 6. The molecule has 1 aliphatic carbocycles. The van der Waals surface area contributed by atoms with Crippen molar-refractivity contribution in [1.82, 2.24) is 4.72 Å². The zero-order valence-corrected chi connectivity index (χ0v) is 17.1. The third-order valence-electron chi connectivity index (χ3n) is 4.41. The van der Waals surface area contributed by atoms with Crippen molar-refractivity contribution in [2.75, 3.05) is 11.9 Å². The molecule has 2 amide bonds. The molecule has 0 unspecified atom stereocenters. The van der Waals surface area contributed by atoms with Gasteiger partial charge in [-0.15, -0.1) is 11.3 Å². The highest BCUT2D eigenvalue weighted by atomic mass is 32.2. The number of urea groups is 1. The molecule has 1 aromatic carbocycles. The van der Waals surface area contributed by atoms with E-state index in [-0.39, 0.29) is 11.5 Å². The first kappa shape index (κ1) is 20.3. The third-order valence-corrected chi connectivity index (χ3v) is 6.96. The highest BCUT2D eigenvalue weighted by Gasteiger charge is 2.27. The van der Waals surface area contributed by atoms with Crippen LogP contribution in [0, 0.1) is 0 Å². The van der Waals surface area contributed by atoms with E-state index in [1.807, 2.05) is 4.72 Å². The fraction of sp³-hybridized carbons (Fsp3) is 0.368. The highest BCUT2D eigenvalue weighted by Crippen LogP contribution is 2.38. The Kier molecular flexibility index (Phi) is 6.35. The molecule has 0 saturated carbocycles. The number of carbonyl (C=O) groups excluding carboxylic acids is 2. The minimum atomic E-state index is -4.00. The van der Waals surface area contributed by atoms with E-state index < -0.39 is 22.0 Å². The quantitative estimate of drug-likeness (QED) is 0.565. The van der Waals surface area contributed by atoms with Crippen molar-refractivity contribution in [3.8, 4) is 0 Å². The number of esters is 1. The van der Waals surface area contributed by atoms with Crippen LogP contribution in [0.25, 0.3) is 0 Å². The zero-order valence-electron chi connectivity index (χ0n) is 15.5. The van der Waals surface area contributed by atoms with Crippen LogP contribution in [0.4, 0.5) is 9.80 Å². The molecule has 3 rings (SSSR count). The van der Waals surface area contributed by atoms with Gasteiger partial charge in [0.05, 0.1) is 17.1 Å².